The topological polar surface area (TPSA) is 61.4 Å². The predicted molar refractivity (Wildman–Crippen MR) is 106 cm³/mol. The van der Waals surface area contributed by atoms with E-state index in [1.54, 1.807) is 24.0 Å². The first-order valence-electron chi connectivity index (χ1n) is 8.91. The minimum atomic E-state index is -4.54. The summed E-state index contributed by atoms with van der Waals surface area (Å²) in [7, 11) is 0. The molecule has 0 unspecified atom stereocenters. The van der Waals surface area contributed by atoms with Crippen LogP contribution in [0, 0.1) is 0 Å². The van der Waals surface area contributed by atoms with E-state index < -0.39 is 23.7 Å². The first-order valence-corrected chi connectivity index (χ1v) is 9.29. The monoisotopic (exact) mass is 425 g/mol. The summed E-state index contributed by atoms with van der Waals surface area (Å²) >= 11 is 5.92. The van der Waals surface area contributed by atoms with Crippen molar-refractivity contribution in [2.45, 2.75) is 32.5 Å². The largest absolute Gasteiger partial charge is 0.416 e. The summed E-state index contributed by atoms with van der Waals surface area (Å²) in [5.41, 5.74) is 1.50. The average molecular weight is 426 g/mol. The molecule has 29 heavy (non-hydrogen) atoms. The Labute approximate surface area is 170 Å². The molecule has 0 aromatic heterocycles. The van der Waals surface area contributed by atoms with E-state index in [1.807, 2.05) is 6.07 Å². The van der Waals surface area contributed by atoms with Gasteiger partial charge in [-0.1, -0.05) is 11.6 Å². The van der Waals surface area contributed by atoms with Crippen LogP contribution >= 0.6 is 11.6 Å². The average Bonchev–Trinajstić information content (AvgIpc) is 3.06. The number of rotatable bonds is 4. The molecule has 2 aromatic rings. The van der Waals surface area contributed by atoms with Crippen LogP contribution < -0.4 is 15.5 Å². The molecule has 0 saturated carbocycles. The number of hydrogen-bond acceptors (Lipinski definition) is 3. The predicted octanol–water partition coefficient (Wildman–Crippen LogP) is 4.71. The van der Waals surface area contributed by atoms with Crippen LogP contribution in [0.5, 0.6) is 0 Å². The van der Waals surface area contributed by atoms with Gasteiger partial charge in [0.2, 0.25) is 11.8 Å². The van der Waals surface area contributed by atoms with E-state index in [0.29, 0.717) is 18.7 Å². The van der Waals surface area contributed by atoms with Crippen LogP contribution in [0.4, 0.5) is 30.2 Å². The lowest BCUT2D eigenvalue weighted by Crippen LogP contribution is -2.32. The van der Waals surface area contributed by atoms with Gasteiger partial charge in [0.05, 0.1) is 16.3 Å². The van der Waals surface area contributed by atoms with Crippen LogP contribution in [0.15, 0.2) is 36.4 Å². The maximum absolute atomic E-state index is 12.9. The Morgan fingerprint density at radius 2 is 1.90 bits per heavy atom. The number of fused-ring (bicyclic) bond motifs is 1. The lowest BCUT2D eigenvalue weighted by Gasteiger charge is -2.18. The summed E-state index contributed by atoms with van der Waals surface area (Å²) in [6, 6.07) is 7.44. The summed E-state index contributed by atoms with van der Waals surface area (Å²) in [5.74, 6) is -0.563. The summed E-state index contributed by atoms with van der Waals surface area (Å²) in [4.78, 5) is 25.7. The number of nitrogens with zero attached hydrogens (tertiary/aromatic N) is 1. The second-order valence-electron chi connectivity index (χ2n) is 6.81. The molecule has 0 aliphatic carbocycles. The Bertz CT molecular complexity index is 962. The zero-order chi connectivity index (χ0) is 21.3. The molecule has 0 saturated heterocycles. The number of amides is 2. The van der Waals surface area contributed by atoms with Gasteiger partial charge >= 0.3 is 6.18 Å². The molecule has 2 aromatic carbocycles. The molecule has 1 aliphatic rings. The normalized spacial score (nSPS) is 14.3. The van der Waals surface area contributed by atoms with Gasteiger partial charge in [0.1, 0.15) is 6.04 Å². The standard InChI is InChI=1S/C20H19ClF3N3O2/c1-11(19(29)26-17-10-14(20(22,23)24)3-5-16(17)21)25-15-4-6-18-13(9-15)7-8-27(18)12(2)28/h3-6,9-11,25H,7-8H2,1-2H3,(H,26,29)/t11-/m0/s1. The molecule has 1 aliphatic heterocycles. The molecule has 0 fully saturated rings. The molecule has 154 valence electrons. The Hall–Kier alpha value is -2.74. The van der Waals surface area contributed by atoms with E-state index in [2.05, 4.69) is 10.6 Å². The van der Waals surface area contributed by atoms with E-state index in [4.69, 9.17) is 11.6 Å². The number of nitrogens with one attached hydrogen (secondary N) is 2. The third-order valence-electron chi connectivity index (χ3n) is 4.68. The quantitative estimate of drug-likeness (QED) is 0.746. The molecular formula is C20H19ClF3N3O2. The molecule has 1 heterocycles. The summed E-state index contributed by atoms with van der Waals surface area (Å²) in [5, 5.41) is 5.46. The second-order valence-corrected chi connectivity index (χ2v) is 7.22. The fourth-order valence-corrected chi connectivity index (χ4v) is 3.34. The Morgan fingerprint density at radius 3 is 2.55 bits per heavy atom. The first kappa shape index (κ1) is 21.0. The van der Waals surface area contributed by atoms with Crippen molar-refractivity contribution in [3.05, 3.63) is 52.5 Å². The zero-order valence-corrected chi connectivity index (χ0v) is 16.5. The number of anilines is 3. The maximum atomic E-state index is 12.9. The second kappa shape index (κ2) is 7.94. The van der Waals surface area contributed by atoms with Crippen molar-refractivity contribution in [1.29, 1.82) is 0 Å². The molecule has 9 heteroatoms. The van der Waals surface area contributed by atoms with Crippen LogP contribution in [0.25, 0.3) is 0 Å². The number of halogens is 4. The molecule has 0 bridgehead atoms. The van der Waals surface area contributed by atoms with Crippen molar-refractivity contribution < 1.29 is 22.8 Å². The van der Waals surface area contributed by atoms with Crippen LogP contribution in [0.2, 0.25) is 5.02 Å². The third kappa shape index (κ3) is 4.64. The summed E-state index contributed by atoms with van der Waals surface area (Å²) in [6.45, 7) is 3.71. The lowest BCUT2D eigenvalue weighted by molar-refractivity contribution is -0.137. The van der Waals surface area contributed by atoms with Crippen LogP contribution in [-0.4, -0.2) is 24.4 Å². The molecule has 0 spiro atoms. The molecular weight excluding hydrogens is 407 g/mol. The number of benzene rings is 2. The van der Waals surface area contributed by atoms with Gasteiger partial charge in [-0.15, -0.1) is 0 Å². The summed E-state index contributed by atoms with van der Waals surface area (Å²) in [6.07, 6.45) is -3.82. The highest BCUT2D eigenvalue weighted by Crippen LogP contribution is 2.34. The van der Waals surface area contributed by atoms with Gasteiger partial charge < -0.3 is 15.5 Å². The van der Waals surface area contributed by atoms with E-state index in [-0.39, 0.29) is 16.6 Å². The summed E-state index contributed by atoms with van der Waals surface area (Å²) < 4.78 is 38.6. The first-order chi connectivity index (χ1) is 13.6. The molecule has 2 N–H and O–H groups in total. The van der Waals surface area contributed by atoms with Gasteiger partial charge in [-0.05, 0) is 55.3 Å². The SMILES string of the molecule is CC(=O)N1CCc2cc(N[C@@H](C)C(=O)Nc3cc(C(F)(F)F)ccc3Cl)ccc21. The molecule has 0 radical (unpaired) electrons. The van der Waals surface area contributed by atoms with E-state index in [9.17, 15) is 22.8 Å². The highest BCUT2D eigenvalue weighted by Gasteiger charge is 2.31. The van der Waals surface area contributed by atoms with Crippen molar-refractivity contribution in [3.63, 3.8) is 0 Å². The fraction of sp³-hybridized carbons (Fsp3) is 0.300. The van der Waals surface area contributed by atoms with E-state index >= 15 is 0 Å². The Kier molecular flexibility index (Phi) is 5.75. The van der Waals surface area contributed by atoms with Crippen LogP contribution in [0.1, 0.15) is 25.0 Å². The van der Waals surface area contributed by atoms with Gasteiger partial charge in [-0.25, -0.2) is 0 Å². The van der Waals surface area contributed by atoms with Crippen molar-refractivity contribution in [2.75, 3.05) is 22.1 Å². The Balaban J connectivity index is 1.70. The minimum absolute atomic E-state index is 0.0143. The van der Waals surface area contributed by atoms with Gasteiger partial charge in [0.25, 0.3) is 0 Å². The smallest absolute Gasteiger partial charge is 0.374 e. The molecule has 3 rings (SSSR count). The van der Waals surface area contributed by atoms with Crippen molar-refractivity contribution in [2.24, 2.45) is 0 Å². The Morgan fingerprint density at radius 1 is 1.17 bits per heavy atom. The van der Waals surface area contributed by atoms with Crippen molar-refractivity contribution >= 4 is 40.5 Å². The number of carbonyl (C=O) groups is 2. The van der Waals surface area contributed by atoms with Gasteiger partial charge in [0.15, 0.2) is 0 Å². The van der Waals surface area contributed by atoms with Gasteiger partial charge in [-0.3, -0.25) is 9.59 Å². The van der Waals surface area contributed by atoms with Gasteiger partial charge in [-0.2, -0.15) is 13.2 Å². The van der Waals surface area contributed by atoms with E-state index in [1.165, 1.54) is 6.92 Å². The molecule has 1 atom stereocenters. The van der Waals surface area contributed by atoms with Crippen LogP contribution in [-0.2, 0) is 22.2 Å². The van der Waals surface area contributed by atoms with Crippen LogP contribution in [0.3, 0.4) is 0 Å². The van der Waals surface area contributed by atoms with Gasteiger partial charge in [0, 0.05) is 24.8 Å². The molecule has 2 amide bonds. The number of alkyl halides is 3. The lowest BCUT2D eigenvalue weighted by atomic mass is 10.1. The number of carbonyl (C=O) groups excluding carboxylic acids is 2. The fourth-order valence-electron chi connectivity index (χ4n) is 3.17. The number of hydrogen-bond donors (Lipinski definition) is 2. The van der Waals surface area contributed by atoms with E-state index in [0.717, 1.165) is 29.4 Å². The highest BCUT2D eigenvalue weighted by atomic mass is 35.5. The maximum Gasteiger partial charge on any atom is 0.416 e. The molecule has 5 nitrogen and oxygen atoms in total. The zero-order valence-electron chi connectivity index (χ0n) is 15.7. The third-order valence-corrected chi connectivity index (χ3v) is 5.01. The highest BCUT2D eigenvalue weighted by molar-refractivity contribution is 6.33. The van der Waals surface area contributed by atoms with Crippen molar-refractivity contribution in [1.82, 2.24) is 0 Å². The van der Waals surface area contributed by atoms with Crippen molar-refractivity contribution in [3.8, 4) is 0 Å². The minimum Gasteiger partial charge on any atom is -0.374 e.